The first-order chi connectivity index (χ1) is 17.1. The smallest absolute Gasteiger partial charge is 0.294 e. The van der Waals surface area contributed by atoms with Gasteiger partial charge in [0.05, 0.1) is 18.3 Å². The molecule has 1 N–H and O–H groups in total. The van der Waals surface area contributed by atoms with E-state index in [2.05, 4.69) is 5.32 Å². The van der Waals surface area contributed by atoms with Gasteiger partial charge in [0.15, 0.2) is 11.5 Å². The van der Waals surface area contributed by atoms with E-state index < -0.39 is 0 Å². The lowest BCUT2D eigenvalue weighted by Gasteiger charge is -2.30. The van der Waals surface area contributed by atoms with Crippen molar-refractivity contribution >= 4 is 23.6 Å². The Morgan fingerprint density at radius 2 is 1.91 bits per heavy atom. The molecular formula is C28H25FN2O4. The van der Waals surface area contributed by atoms with Crippen molar-refractivity contribution in [2.45, 2.75) is 25.5 Å². The molecule has 0 bridgehead atoms. The van der Waals surface area contributed by atoms with Crippen LogP contribution in [0.5, 0.6) is 5.75 Å². The van der Waals surface area contributed by atoms with E-state index in [1.807, 2.05) is 12.1 Å². The molecule has 2 aliphatic heterocycles. The number of halogens is 1. The standard InChI is InChI=1S/C28H25FN2O4/c29-22-6-3-5-20(15-22)18-31-24-8-1-2-9-25(24)35-26(28(31)33)16-19-10-12-21(13-11-19)27(32)30-17-23-7-4-14-34-23/h1-3,5-6,8-13,15-16,23H,4,7,14,17-18H2,(H,30,32). The molecule has 5 rings (SSSR count). The number of hydrogen-bond acceptors (Lipinski definition) is 4. The van der Waals surface area contributed by atoms with Crippen LogP contribution in [0.3, 0.4) is 0 Å². The number of rotatable bonds is 6. The van der Waals surface area contributed by atoms with Crippen molar-refractivity contribution in [3.05, 3.63) is 101 Å². The molecular weight excluding hydrogens is 447 g/mol. The normalized spacial score (nSPS) is 18.3. The Labute approximate surface area is 203 Å². The summed E-state index contributed by atoms with van der Waals surface area (Å²) in [5.74, 6) is -0.158. The summed E-state index contributed by atoms with van der Waals surface area (Å²) in [4.78, 5) is 27.3. The fourth-order valence-corrected chi connectivity index (χ4v) is 4.23. The van der Waals surface area contributed by atoms with Crippen LogP contribution in [0.2, 0.25) is 0 Å². The van der Waals surface area contributed by atoms with Gasteiger partial charge in [-0.1, -0.05) is 36.4 Å². The topological polar surface area (TPSA) is 67.9 Å². The number of nitrogens with one attached hydrogen (secondary N) is 1. The summed E-state index contributed by atoms with van der Waals surface area (Å²) in [5, 5.41) is 2.90. The molecule has 1 fully saturated rings. The van der Waals surface area contributed by atoms with Crippen molar-refractivity contribution in [3.63, 3.8) is 0 Å². The summed E-state index contributed by atoms with van der Waals surface area (Å²) in [7, 11) is 0. The molecule has 1 atom stereocenters. The molecule has 6 nitrogen and oxygen atoms in total. The van der Waals surface area contributed by atoms with Crippen LogP contribution >= 0.6 is 0 Å². The zero-order chi connectivity index (χ0) is 24.2. The van der Waals surface area contributed by atoms with Gasteiger partial charge in [-0.25, -0.2) is 4.39 Å². The quantitative estimate of drug-likeness (QED) is 0.528. The minimum atomic E-state index is -0.354. The van der Waals surface area contributed by atoms with E-state index in [0.717, 1.165) is 19.4 Å². The van der Waals surface area contributed by atoms with E-state index in [1.54, 1.807) is 59.5 Å². The molecule has 178 valence electrons. The Morgan fingerprint density at radius 1 is 1.09 bits per heavy atom. The Kier molecular flexibility index (Phi) is 6.59. The number of hydrogen-bond donors (Lipinski definition) is 1. The van der Waals surface area contributed by atoms with Crippen LogP contribution in [-0.2, 0) is 16.1 Å². The van der Waals surface area contributed by atoms with E-state index in [0.29, 0.717) is 34.7 Å². The number of carbonyl (C=O) groups is 2. The van der Waals surface area contributed by atoms with E-state index in [-0.39, 0.29) is 36.0 Å². The summed E-state index contributed by atoms with van der Waals surface area (Å²) in [6.45, 7) is 1.44. The van der Waals surface area contributed by atoms with Crippen LogP contribution in [0.15, 0.2) is 78.6 Å². The number of benzene rings is 3. The number of anilines is 1. The highest BCUT2D eigenvalue weighted by atomic mass is 19.1. The molecule has 35 heavy (non-hydrogen) atoms. The zero-order valence-corrected chi connectivity index (χ0v) is 19.1. The van der Waals surface area contributed by atoms with Gasteiger partial charge in [0.1, 0.15) is 5.82 Å². The van der Waals surface area contributed by atoms with E-state index in [1.165, 1.54) is 12.1 Å². The molecule has 3 aromatic rings. The largest absolute Gasteiger partial charge is 0.449 e. The monoisotopic (exact) mass is 472 g/mol. The maximum absolute atomic E-state index is 13.7. The minimum absolute atomic E-state index is 0.0793. The highest BCUT2D eigenvalue weighted by Crippen LogP contribution is 2.36. The van der Waals surface area contributed by atoms with Gasteiger partial charge in [-0.05, 0) is 66.4 Å². The van der Waals surface area contributed by atoms with Crippen molar-refractivity contribution in [1.82, 2.24) is 5.32 Å². The maximum Gasteiger partial charge on any atom is 0.294 e. The van der Waals surface area contributed by atoms with Crippen LogP contribution in [0.4, 0.5) is 10.1 Å². The summed E-state index contributed by atoms with van der Waals surface area (Å²) in [5.41, 5.74) is 2.54. The van der Waals surface area contributed by atoms with Gasteiger partial charge in [0.25, 0.3) is 11.8 Å². The van der Waals surface area contributed by atoms with Gasteiger partial charge in [-0.15, -0.1) is 0 Å². The molecule has 2 amide bonds. The SMILES string of the molecule is O=C(NCC1CCCO1)c1ccc(C=C2Oc3ccccc3N(Cc3cccc(F)c3)C2=O)cc1. The van der Waals surface area contributed by atoms with Gasteiger partial charge in [0.2, 0.25) is 0 Å². The van der Waals surface area contributed by atoms with Gasteiger partial charge in [-0.2, -0.15) is 0 Å². The van der Waals surface area contributed by atoms with Gasteiger partial charge < -0.3 is 14.8 Å². The average Bonchev–Trinajstić information content (AvgIpc) is 3.39. The second kappa shape index (κ2) is 10.1. The molecule has 2 heterocycles. The van der Waals surface area contributed by atoms with Gasteiger partial charge in [0, 0.05) is 18.7 Å². The lowest BCUT2D eigenvalue weighted by molar-refractivity contribution is -0.117. The van der Waals surface area contributed by atoms with Crippen molar-refractivity contribution in [1.29, 1.82) is 0 Å². The third-order valence-electron chi connectivity index (χ3n) is 6.05. The molecule has 1 saturated heterocycles. The summed E-state index contributed by atoms with van der Waals surface area (Å²) < 4.78 is 25.2. The van der Waals surface area contributed by atoms with Crippen molar-refractivity contribution < 1.29 is 23.5 Å². The Balaban J connectivity index is 1.34. The Bertz CT molecular complexity index is 1270. The van der Waals surface area contributed by atoms with Gasteiger partial charge >= 0.3 is 0 Å². The predicted octanol–water partition coefficient (Wildman–Crippen LogP) is 4.70. The fourth-order valence-electron chi connectivity index (χ4n) is 4.23. The Hall–Kier alpha value is -3.97. The first-order valence-corrected chi connectivity index (χ1v) is 11.6. The minimum Gasteiger partial charge on any atom is -0.449 e. The lowest BCUT2D eigenvalue weighted by Crippen LogP contribution is -2.36. The Morgan fingerprint density at radius 3 is 2.69 bits per heavy atom. The number of para-hydroxylation sites is 2. The number of nitrogens with zero attached hydrogens (tertiary/aromatic N) is 1. The zero-order valence-electron chi connectivity index (χ0n) is 19.1. The number of fused-ring (bicyclic) bond motifs is 1. The molecule has 7 heteroatoms. The predicted molar refractivity (Wildman–Crippen MR) is 130 cm³/mol. The summed E-state index contributed by atoms with van der Waals surface area (Å²) in [6.07, 6.45) is 3.70. The molecule has 0 spiro atoms. The maximum atomic E-state index is 13.7. The average molecular weight is 473 g/mol. The lowest BCUT2D eigenvalue weighted by atomic mass is 10.1. The van der Waals surface area contributed by atoms with Crippen LogP contribution in [0, 0.1) is 5.82 Å². The molecule has 1 unspecified atom stereocenters. The molecule has 0 radical (unpaired) electrons. The molecule has 0 aliphatic carbocycles. The van der Waals surface area contributed by atoms with E-state index in [4.69, 9.17) is 9.47 Å². The van der Waals surface area contributed by atoms with Crippen molar-refractivity contribution in [2.75, 3.05) is 18.1 Å². The summed E-state index contributed by atoms with van der Waals surface area (Å²) in [6, 6.07) is 20.4. The second-order valence-electron chi connectivity index (χ2n) is 8.57. The van der Waals surface area contributed by atoms with Crippen LogP contribution in [-0.4, -0.2) is 31.1 Å². The molecule has 3 aromatic carbocycles. The third kappa shape index (κ3) is 5.25. The highest BCUT2D eigenvalue weighted by Gasteiger charge is 2.30. The van der Waals surface area contributed by atoms with Crippen molar-refractivity contribution in [3.8, 4) is 5.75 Å². The third-order valence-corrected chi connectivity index (χ3v) is 6.05. The first kappa shape index (κ1) is 22.8. The number of ether oxygens (including phenoxy) is 2. The number of carbonyl (C=O) groups excluding carboxylic acids is 2. The van der Waals surface area contributed by atoms with E-state index in [9.17, 15) is 14.0 Å². The highest BCUT2D eigenvalue weighted by molar-refractivity contribution is 6.09. The second-order valence-corrected chi connectivity index (χ2v) is 8.57. The van der Waals surface area contributed by atoms with Crippen LogP contribution < -0.4 is 15.0 Å². The van der Waals surface area contributed by atoms with Crippen LogP contribution in [0.25, 0.3) is 6.08 Å². The molecule has 0 aromatic heterocycles. The van der Waals surface area contributed by atoms with Crippen molar-refractivity contribution in [2.24, 2.45) is 0 Å². The molecule has 2 aliphatic rings. The first-order valence-electron chi connectivity index (χ1n) is 11.6. The van der Waals surface area contributed by atoms with Gasteiger partial charge in [-0.3, -0.25) is 14.5 Å². The van der Waals surface area contributed by atoms with E-state index >= 15 is 0 Å². The summed E-state index contributed by atoms with van der Waals surface area (Å²) >= 11 is 0. The fraction of sp³-hybridized carbons (Fsp3) is 0.214. The molecule has 0 saturated carbocycles. The number of amides is 2. The van der Waals surface area contributed by atoms with Crippen LogP contribution in [0.1, 0.15) is 34.3 Å².